The molecule has 1 saturated heterocycles. The van der Waals surface area contributed by atoms with Gasteiger partial charge in [-0.3, -0.25) is 4.79 Å². The van der Waals surface area contributed by atoms with Crippen LogP contribution in [0.25, 0.3) is 0 Å². The van der Waals surface area contributed by atoms with Gasteiger partial charge in [0.1, 0.15) is 5.75 Å². The van der Waals surface area contributed by atoms with Crippen LogP contribution < -0.4 is 10.1 Å². The number of carbonyl (C=O) groups excluding carboxylic acids is 1. The fourth-order valence-corrected chi connectivity index (χ4v) is 2.16. The SMILES string of the molecule is CCOc1ccc(C(=O)N2CCN[C@H](C)C2)cc1. The number of piperazine rings is 1. The van der Waals surface area contributed by atoms with Crippen LogP contribution in [0.4, 0.5) is 0 Å². The van der Waals surface area contributed by atoms with Crippen molar-refractivity contribution in [1.82, 2.24) is 10.2 Å². The van der Waals surface area contributed by atoms with Gasteiger partial charge in [0.25, 0.3) is 5.91 Å². The maximum Gasteiger partial charge on any atom is 0.253 e. The van der Waals surface area contributed by atoms with E-state index in [-0.39, 0.29) is 5.91 Å². The fraction of sp³-hybridized carbons (Fsp3) is 0.500. The van der Waals surface area contributed by atoms with Gasteiger partial charge in [0.05, 0.1) is 6.61 Å². The smallest absolute Gasteiger partial charge is 0.253 e. The predicted molar refractivity (Wildman–Crippen MR) is 71.0 cm³/mol. The Bertz CT molecular complexity index is 403. The Morgan fingerprint density at radius 1 is 1.44 bits per heavy atom. The van der Waals surface area contributed by atoms with Gasteiger partial charge >= 0.3 is 0 Å². The van der Waals surface area contributed by atoms with E-state index in [0.717, 1.165) is 30.9 Å². The molecule has 0 spiro atoms. The quantitative estimate of drug-likeness (QED) is 0.881. The van der Waals surface area contributed by atoms with E-state index in [2.05, 4.69) is 12.2 Å². The van der Waals surface area contributed by atoms with E-state index >= 15 is 0 Å². The molecule has 98 valence electrons. The van der Waals surface area contributed by atoms with Gasteiger partial charge in [0.15, 0.2) is 0 Å². The highest BCUT2D eigenvalue weighted by Gasteiger charge is 2.21. The Hall–Kier alpha value is -1.55. The van der Waals surface area contributed by atoms with E-state index < -0.39 is 0 Å². The van der Waals surface area contributed by atoms with Crippen LogP contribution in [-0.2, 0) is 0 Å². The van der Waals surface area contributed by atoms with Crippen LogP contribution in [0.1, 0.15) is 24.2 Å². The normalized spacial score (nSPS) is 19.7. The molecule has 0 unspecified atom stereocenters. The zero-order valence-electron chi connectivity index (χ0n) is 11.0. The first-order valence-electron chi connectivity index (χ1n) is 6.46. The molecule has 0 saturated carbocycles. The van der Waals surface area contributed by atoms with Crippen molar-refractivity contribution in [2.45, 2.75) is 19.9 Å². The van der Waals surface area contributed by atoms with Crippen LogP contribution in [0.5, 0.6) is 5.75 Å². The fourth-order valence-electron chi connectivity index (χ4n) is 2.16. The minimum absolute atomic E-state index is 0.103. The summed E-state index contributed by atoms with van der Waals surface area (Å²) in [6.45, 7) is 7.09. The first kappa shape index (κ1) is 12.9. The summed E-state index contributed by atoms with van der Waals surface area (Å²) in [5.41, 5.74) is 0.729. The monoisotopic (exact) mass is 248 g/mol. The molecule has 1 N–H and O–H groups in total. The van der Waals surface area contributed by atoms with Crippen molar-refractivity contribution in [3.63, 3.8) is 0 Å². The maximum atomic E-state index is 12.3. The van der Waals surface area contributed by atoms with Crippen LogP contribution in [0.3, 0.4) is 0 Å². The average Bonchev–Trinajstić information content (AvgIpc) is 2.39. The predicted octanol–water partition coefficient (Wildman–Crippen LogP) is 1.52. The summed E-state index contributed by atoms with van der Waals surface area (Å²) in [5, 5.41) is 3.33. The topological polar surface area (TPSA) is 41.6 Å². The van der Waals surface area contributed by atoms with Crippen LogP contribution in [0, 0.1) is 0 Å². The van der Waals surface area contributed by atoms with Gasteiger partial charge < -0.3 is 15.0 Å². The Balaban J connectivity index is 2.03. The lowest BCUT2D eigenvalue weighted by Crippen LogP contribution is -2.51. The zero-order valence-corrected chi connectivity index (χ0v) is 11.0. The number of carbonyl (C=O) groups is 1. The molecule has 1 aliphatic heterocycles. The molecule has 0 radical (unpaired) electrons. The Morgan fingerprint density at radius 2 is 2.17 bits per heavy atom. The third-order valence-corrected chi connectivity index (χ3v) is 3.07. The molecule has 0 aliphatic carbocycles. The van der Waals surface area contributed by atoms with Crippen LogP contribution in [-0.4, -0.2) is 43.1 Å². The molecule has 4 heteroatoms. The summed E-state index contributed by atoms with van der Waals surface area (Å²) in [5.74, 6) is 0.911. The van der Waals surface area contributed by atoms with E-state index in [1.54, 1.807) is 0 Å². The van der Waals surface area contributed by atoms with Crippen LogP contribution in [0.2, 0.25) is 0 Å². The maximum absolute atomic E-state index is 12.3. The number of hydrogen-bond acceptors (Lipinski definition) is 3. The molecule has 1 aromatic rings. The number of rotatable bonds is 3. The molecule has 0 aromatic heterocycles. The Labute approximate surface area is 108 Å². The highest BCUT2D eigenvalue weighted by Crippen LogP contribution is 2.14. The van der Waals surface area contributed by atoms with Gasteiger partial charge in [-0.1, -0.05) is 0 Å². The molecule has 0 bridgehead atoms. The summed E-state index contributed by atoms with van der Waals surface area (Å²) in [6.07, 6.45) is 0. The number of nitrogens with zero attached hydrogens (tertiary/aromatic N) is 1. The van der Waals surface area contributed by atoms with Crippen LogP contribution in [0.15, 0.2) is 24.3 Å². The summed E-state index contributed by atoms with van der Waals surface area (Å²) >= 11 is 0. The highest BCUT2D eigenvalue weighted by molar-refractivity contribution is 5.94. The zero-order chi connectivity index (χ0) is 13.0. The van der Waals surface area contributed by atoms with Crippen molar-refractivity contribution in [3.8, 4) is 5.75 Å². The number of amides is 1. The molecule has 1 aromatic carbocycles. The average molecular weight is 248 g/mol. The molecule has 1 amide bonds. The van der Waals surface area contributed by atoms with Gasteiger partial charge in [0, 0.05) is 31.2 Å². The minimum atomic E-state index is 0.103. The lowest BCUT2D eigenvalue weighted by atomic mass is 10.1. The molecule has 4 nitrogen and oxygen atoms in total. The number of benzene rings is 1. The second kappa shape index (κ2) is 5.87. The first-order chi connectivity index (χ1) is 8.70. The van der Waals surface area contributed by atoms with E-state index in [1.165, 1.54) is 0 Å². The van der Waals surface area contributed by atoms with Crippen LogP contribution >= 0.6 is 0 Å². The first-order valence-corrected chi connectivity index (χ1v) is 6.46. The Morgan fingerprint density at radius 3 is 2.78 bits per heavy atom. The lowest BCUT2D eigenvalue weighted by molar-refractivity contribution is 0.0709. The standard InChI is InChI=1S/C14H20N2O2/c1-3-18-13-6-4-12(5-7-13)14(17)16-9-8-15-11(2)10-16/h4-7,11,15H,3,8-10H2,1-2H3/t11-/m1/s1. The second-order valence-electron chi connectivity index (χ2n) is 4.56. The van der Waals surface area contributed by atoms with Crippen molar-refractivity contribution < 1.29 is 9.53 Å². The summed E-state index contributed by atoms with van der Waals surface area (Å²) in [7, 11) is 0. The van der Waals surface area contributed by atoms with Crippen molar-refractivity contribution in [2.24, 2.45) is 0 Å². The summed E-state index contributed by atoms with van der Waals surface area (Å²) in [6, 6.07) is 7.73. The van der Waals surface area contributed by atoms with E-state index in [4.69, 9.17) is 4.74 Å². The second-order valence-corrected chi connectivity index (χ2v) is 4.56. The van der Waals surface area contributed by atoms with Gasteiger partial charge in [0.2, 0.25) is 0 Å². The van der Waals surface area contributed by atoms with Gasteiger partial charge in [-0.15, -0.1) is 0 Å². The highest BCUT2D eigenvalue weighted by atomic mass is 16.5. The van der Waals surface area contributed by atoms with E-state index in [1.807, 2.05) is 36.1 Å². The number of ether oxygens (including phenoxy) is 1. The third kappa shape index (κ3) is 3.01. The summed E-state index contributed by atoms with van der Waals surface area (Å²) in [4.78, 5) is 14.2. The largest absolute Gasteiger partial charge is 0.494 e. The van der Waals surface area contributed by atoms with Crippen molar-refractivity contribution in [2.75, 3.05) is 26.2 Å². The Kier molecular flexibility index (Phi) is 4.20. The van der Waals surface area contributed by atoms with E-state index in [0.29, 0.717) is 12.6 Å². The van der Waals surface area contributed by atoms with Crippen molar-refractivity contribution >= 4 is 5.91 Å². The van der Waals surface area contributed by atoms with Gasteiger partial charge in [-0.25, -0.2) is 0 Å². The molecule has 2 rings (SSSR count). The molecule has 18 heavy (non-hydrogen) atoms. The van der Waals surface area contributed by atoms with Gasteiger partial charge in [-0.05, 0) is 38.1 Å². The minimum Gasteiger partial charge on any atom is -0.494 e. The third-order valence-electron chi connectivity index (χ3n) is 3.07. The molecular weight excluding hydrogens is 228 g/mol. The molecule has 1 fully saturated rings. The lowest BCUT2D eigenvalue weighted by Gasteiger charge is -2.32. The van der Waals surface area contributed by atoms with Crippen molar-refractivity contribution in [3.05, 3.63) is 29.8 Å². The molecular formula is C14H20N2O2. The molecule has 1 aliphatic rings. The molecule has 1 heterocycles. The summed E-state index contributed by atoms with van der Waals surface area (Å²) < 4.78 is 5.37. The van der Waals surface area contributed by atoms with Gasteiger partial charge in [-0.2, -0.15) is 0 Å². The number of nitrogens with one attached hydrogen (secondary N) is 1. The van der Waals surface area contributed by atoms with Crippen molar-refractivity contribution in [1.29, 1.82) is 0 Å². The number of hydrogen-bond donors (Lipinski definition) is 1. The molecule has 1 atom stereocenters. The van der Waals surface area contributed by atoms with E-state index in [9.17, 15) is 4.79 Å².